The number of hydrogen-bond acceptors (Lipinski definition) is 3. The average Bonchev–Trinajstić information content (AvgIpc) is 2.21. The molecule has 4 heteroatoms. The van der Waals surface area contributed by atoms with Gasteiger partial charge in [-0.1, -0.05) is 5.17 Å². The van der Waals surface area contributed by atoms with Crippen LogP contribution < -0.4 is 5.43 Å². The number of amides is 1. The minimum Gasteiger partial charge on any atom is -0.277 e. The third-order valence-electron chi connectivity index (χ3n) is 0.455. The molecule has 0 aromatic rings. The van der Waals surface area contributed by atoms with Crippen LogP contribution in [0.5, 0.6) is 0 Å². The SMILES string of the molecule is O=CNN1CO1. The third-order valence-corrected chi connectivity index (χ3v) is 0.455. The quantitative estimate of drug-likeness (QED) is 0.342. The Morgan fingerprint density at radius 2 is 2.67 bits per heavy atom. The maximum absolute atomic E-state index is 9.42. The van der Waals surface area contributed by atoms with Crippen LogP contribution in [0.4, 0.5) is 0 Å². The Hall–Kier alpha value is -0.610. The van der Waals surface area contributed by atoms with Gasteiger partial charge in [-0.2, -0.15) is 0 Å². The summed E-state index contributed by atoms with van der Waals surface area (Å²) >= 11 is 0. The van der Waals surface area contributed by atoms with Crippen molar-refractivity contribution in [3.8, 4) is 0 Å². The van der Waals surface area contributed by atoms with Gasteiger partial charge in [-0.3, -0.25) is 15.1 Å². The van der Waals surface area contributed by atoms with Crippen molar-refractivity contribution < 1.29 is 9.63 Å². The van der Waals surface area contributed by atoms with Crippen molar-refractivity contribution in [2.45, 2.75) is 0 Å². The number of nitrogens with zero attached hydrogens (tertiary/aromatic N) is 1. The number of rotatable bonds is 2. The summed E-state index contributed by atoms with van der Waals surface area (Å²) in [4.78, 5) is 13.9. The Balaban J connectivity index is 2.00. The van der Waals surface area contributed by atoms with E-state index < -0.39 is 0 Å². The van der Waals surface area contributed by atoms with E-state index >= 15 is 0 Å². The fourth-order valence-corrected chi connectivity index (χ4v) is 0.162. The highest BCUT2D eigenvalue weighted by atomic mass is 16.9. The summed E-state index contributed by atoms with van der Waals surface area (Å²) < 4.78 is 0. The zero-order chi connectivity index (χ0) is 4.41. The minimum atomic E-state index is 0.513. The van der Waals surface area contributed by atoms with E-state index in [2.05, 4.69) is 10.3 Å². The number of hydroxylamine groups is 1. The second-order valence-electron chi connectivity index (χ2n) is 0.884. The molecule has 1 aliphatic heterocycles. The summed E-state index contributed by atoms with van der Waals surface area (Å²) in [5.41, 5.74) is 2.25. The van der Waals surface area contributed by atoms with E-state index in [-0.39, 0.29) is 0 Å². The van der Waals surface area contributed by atoms with E-state index in [1.54, 1.807) is 0 Å². The number of carbonyl (C=O) groups excluding carboxylic acids is 1. The van der Waals surface area contributed by atoms with Crippen LogP contribution in [0, 0.1) is 0 Å². The molecular formula is C2H4N2O2. The molecule has 1 heterocycles. The first-order valence-electron chi connectivity index (χ1n) is 1.54. The molecule has 0 bridgehead atoms. The Kier molecular flexibility index (Phi) is 0.736. The summed E-state index contributed by atoms with van der Waals surface area (Å²) in [6.07, 6.45) is 0.562. The van der Waals surface area contributed by atoms with Gasteiger partial charge in [0.1, 0.15) is 0 Å². The monoisotopic (exact) mass is 88.0 g/mol. The van der Waals surface area contributed by atoms with Gasteiger partial charge in [0.05, 0.1) is 0 Å². The largest absolute Gasteiger partial charge is 0.277 e. The predicted molar refractivity (Wildman–Crippen MR) is 17.0 cm³/mol. The molecule has 4 nitrogen and oxygen atoms in total. The van der Waals surface area contributed by atoms with Crippen LogP contribution in [0.2, 0.25) is 0 Å². The average molecular weight is 88.1 g/mol. The molecular weight excluding hydrogens is 84.0 g/mol. The molecule has 0 radical (unpaired) electrons. The second kappa shape index (κ2) is 1.24. The van der Waals surface area contributed by atoms with Crippen LogP contribution in [-0.2, 0) is 9.63 Å². The Labute approximate surface area is 34.6 Å². The van der Waals surface area contributed by atoms with Crippen molar-refractivity contribution >= 4 is 6.41 Å². The van der Waals surface area contributed by atoms with Gasteiger partial charge in [-0.25, -0.2) is 0 Å². The van der Waals surface area contributed by atoms with Crippen molar-refractivity contribution in [3.63, 3.8) is 0 Å². The van der Waals surface area contributed by atoms with Gasteiger partial charge in [0, 0.05) is 0 Å². The second-order valence-corrected chi connectivity index (χ2v) is 0.884. The lowest BCUT2D eigenvalue weighted by molar-refractivity contribution is -0.114. The van der Waals surface area contributed by atoms with E-state index in [0.29, 0.717) is 13.1 Å². The smallest absolute Gasteiger partial charge is 0.223 e. The molecule has 0 aromatic carbocycles. The molecule has 1 fully saturated rings. The summed E-state index contributed by atoms with van der Waals surface area (Å²) in [7, 11) is 0. The van der Waals surface area contributed by atoms with Crippen molar-refractivity contribution in [2.75, 3.05) is 6.73 Å². The molecule has 1 unspecified atom stereocenters. The molecule has 1 rings (SSSR count). The molecule has 1 aliphatic rings. The molecule has 0 saturated carbocycles. The topological polar surface area (TPSA) is 44.6 Å². The highest BCUT2D eigenvalue weighted by molar-refractivity contribution is 5.44. The first-order valence-corrected chi connectivity index (χ1v) is 1.54. The maximum atomic E-state index is 9.42. The van der Waals surface area contributed by atoms with Crippen molar-refractivity contribution in [1.82, 2.24) is 10.6 Å². The summed E-state index contributed by atoms with van der Waals surface area (Å²) in [6.45, 7) is 0.513. The van der Waals surface area contributed by atoms with E-state index in [1.165, 1.54) is 5.17 Å². The Bertz CT molecular complexity index is 60.6. The Morgan fingerprint density at radius 3 is 2.83 bits per heavy atom. The normalized spacial score (nSPS) is 29.0. The molecule has 34 valence electrons. The minimum absolute atomic E-state index is 0.513. The maximum Gasteiger partial charge on any atom is 0.223 e. The number of carbonyl (C=O) groups is 1. The predicted octanol–water partition coefficient (Wildman–Crippen LogP) is -1.15. The van der Waals surface area contributed by atoms with E-state index in [0.717, 1.165) is 0 Å². The van der Waals surface area contributed by atoms with Crippen molar-refractivity contribution in [3.05, 3.63) is 0 Å². The lowest BCUT2D eigenvalue weighted by Gasteiger charge is -1.82. The summed E-state index contributed by atoms with van der Waals surface area (Å²) in [6, 6.07) is 0. The first-order chi connectivity index (χ1) is 2.93. The van der Waals surface area contributed by atoms with Crippen LogP contribution >= 0.6 is 0 Å². The van der Waals surface area contributed by atoms with Gasteiger partial charge in [-0.05, 0) is 0 Å². The summed E-state index contributed by atoms with van der Waals surface area (Å²) in [5.74, 6) is 0. The molecule has 1 amide bonds. The zero-order valence-corrected chi connectivity index (χ0v) is 3.05. The van der Waals surface area contributed by atoms with Crippen molar-refractivity contribution in [1.29, 1.82) is 0 Å². The van der Waals surface area contributed by atoms with Gasteiger partial charge in [0.15, 0.2) is 6.73 Å². The molecule has 1 atom stereocenters. The fourth-order valence-electron chi connectivity index (χ4n) is 0.162. The van der Waals surface area contributed by atoms with Crippen LogP contribution in [-0.4, -0.2) is 18.3 Å². The zero-order valence-electron chi connectivity index (χ0n) is 3.05. The number of hydrazine groups is 1. The molecule has 0 spiro atoms. The first kappa shape index (κ1) is 3.58. The highest BCUT2D eigenvalue weighted by Crippen LogP contribution is 1.96. The van der Waals surface area contributed by atoms with Gasteiger partial charge >= 0.3 is 0 Å². The number of hydrogen-bond donors (Lipinski definition) is 1. The van der Waals surface area contributed by atoms with Gasteiger partial charge < -0.3 is 0 Å². The van der Waals surface area contributed by atoms with Gasteiger partial charge in [0.25, 0.3) is 0 Å². The van der Waals surface area contributed by atoms with Crippen LogP contribution in [0.1, 0.15) is 0 Å². The van der Waals surface area contributed by atoms with E-state index in [1.807, 2.05) is 0 Å². The van der Waals surface area contributed by atoms with Crippen molar-refractivity contribution in [2.24, 2.45) is 0 Å². The highest BCUT2D eigenvalue weighted by Gasteiger charge is 2.16. The van der Waals surface area contributed by atoms with E-state index in [9.17, 15) is 4.79 Å². The lowest BCUT2D eigenvalue weighted by atomic mass is 11.3. The lowest BCUT2D eigenvalue weighted by Crippen LogP contribution is -2.16. The Morgan fingerprint density at radius 1 is 2.00 bits per heavy atom. The molecule has 0 aliphatic carbocycles. The van der Waals surface area contributed by atoms with Gasteiger partial charge in [-0.15, -0.1) is 0 Å². The molecule has 1 saturated heterocycles. The fraction of sp³-hybridized carbons (Fsp3) is 0.500. The van der Waals surface area contributed by atoms with Crippen LogP contribution in [0.25, 0.3) is 0 Å². The van der Waals surface area contributed by atoms with Crippen LogP contribution in [0.15, 0.2) is 0 Å². The summed E-state index contributed by atoms with van der Waals surface area (Å²) in [5, 5.41) is 1.31. The molecule has 1 N–H and O–H groups in total. The van der Waals surface area contributed by atoms with Crippen LogP contribution in [0.3, 0.4) is 0 Å². The number of nitrogens with one attached hydrogen (secondary N) is 1. The standard InChI is InChI=1S/C2H4N2O2/c5-1-3-4-2-6-4/h1H,2H2,(H,3,5). The van der Waals surface area contributed by atoms with Gasteiger partial charge in [0.2, 0.25) is 6.41 Å². The third kappa shape index (κ3) is 0.667. The molecule has 0 aromatic heterocycles. The molecule has 6 heavy (non-hydrogen) atoms. The van der Waals surface area contributed by atoms with E-state index in [4.69, 9.17) is 0 Å².